The molecule has 2 amide bonds. The van der Waals surface area contributed by atoms with E-state index in [2.05, 4.69) is 10.5 Å². The van der Waals surface area contributed by atoms with E-state index in [1.165, 1.54) is 0 Å². The van der Waals surface area contributed by atoms with Gasteiger partial charge in [-0.05, 0) is 36.8 Å². The van der Waals surface area contributed by atoms with Crippen LogP contribution in [0.1, 0.15) is 23.2 Å². The molecule has 6 nitrogen and oxygen atoms in total. The SMILES string of the molecule is O=C(Nc1cc(-c2ccc(Cl)cc2)no1)c1cccc(N2CCCC2=O)c1. The molecular formula is C20H16ClN3O3. The molecule has 1 aliphatic rings. The van der Waals surface area contributed by atoms with Crippen LogP contribution in [0.2, 0.25) is 5.02 Å². The molecule has 0 radical (unpaired) electrons. The van der Waals surface area contributed by atoms with Crippen LogP contribution in [0.3, 0.4) is 0 Å². The van der Waals surface area contributed by atoms with Crippen LogP contribution in [0.25, 0.3) is 11.3 Å². The number of carbonyl (C=O) groups excluding carboxylic acids is 2. The van der Waals surface area contributed by atoms with Crippen molar-refractivity contribution in [2.24, 2.45) is 0 Å². The van der Waals surface area contributed by atoms with Gasteiger partial charge in [-0.15, -0.1) is 0 Å². The smallest absolute Gasteiger partial charge is 0.258 e. The molecule has 2 aromatic carbocycles. The first-order valence-corrected chi connectivity index (χ1v) is 8.92. The zero-order chi connectivity index (χ0) is 18.8. The van der Waals surface area contributed by atoms with Gasteiger partial charge >= 0.3 is 0 Å². The van der Waals surface area contributed by atoms with Crippen LogP contribution in [0, 0.1) is 0 Å². The summed E-state index contributed by atoms with van der Waals surface area (Å²) in [5.41, 5.74) is 2.60. The Kier molecular flexibility index (Phi) is 4.64. The van der Waals surface area contributed by atoms with E-state index in [1.807, 2.05) is 18.2 Å². The largest absolute Gasteiger partial charge is 0.338 e. The summed E-state index contributed by atoms with van der Waals surface area (Å²) in [4.78, 5) is 26.1. The van der Waals surface area contributed by atoms with Crippen molar-refractivity contribution in [3.63, 3.8) is 0 Å². The van der Waals surface area contributed by atoms with Gasteiger partial charge in [0.2, 0.25) is 11.8 Å². The van der Waals surface area contributed by atoms with Crippen molar-refractivity contribution in [1.82, 2.24) is 5.16 Å². The number of halogens is 1. The summed E-state index contributed by atoms with van der Waals surface area (Å²) in [6.07, 6.45) is 1.38. The fourth-order valence-corrected chi connectivity index (χ4v) is 3.14. The molecule has 0 saturated carbocycles. The summed E-state index contributed by atoms with van der Waals surface area (Å²) >= 11 is 5.88. The van der Waals surface area contributed by atoms with Crippen LogP contribution >= 0.6 is 11.6 Å². The van der Waals surface area contributed by atoms with Crippen molar-refractivity contribution >= 4 is 35.0 Å². The zero-order valence-corrected chi connectivity index (χ0v) is 15.1. The Labute approximate surface area is 160 Å². The molecule has 0 atom stereocenters. The van der Waals surface area contributed by atoms with Gasteiger partial charge in [-0.25, -0.2) is 0 Å². The van der Waals surface area contributed by atoms with E-state index in [1.54, 1.807) is 41.3 Å². The Morgan fingerprint density at radius 1 is 1.15 bits per heavy atom. The summed E-state index contributed by atoms with van der Waals surface area (Å²) in [6, 6.07) is 15.8. The lowest BCUT2D eigenvalue weighted by Gasteiger charge is -2.16. The van der Waals surface area contributed by atoms with Gasteiger partial charge in [0.25, 0.3) is 5.91 Å². The molecule has 4 rings (SSSR count). The lowest BCUT2D eigenvalue weighted by molar-refractivity contribution is -0.117. The number of carbonyl (C=O) groups is 2. The fraction of sp³-hybridized carbons (Fsp3) is 0.150. The third-order valence-corrected chi connectivity index (χ3v) is 4.63. The van der Waals surface area contributed by atoms with Crippen molar-refractivity contribution < 1.29 is 14.1 Å². The third-order valence-electron chi connectivity index (χ3n) is 4.38. The highest BCUT2D eigenvalue weighted by molar-refractivity contribution is 6.30. The quantitative estimate of drug-likeness (QED) is 0.727. The molecule has 1 fully saturated rings. The molecule has 0 bridgehead atoms. The Balaban J connectivity index is 1.50. The molecule has 136 valence electrons. The Bertz CT molecular complexity index is 998. The number of nitrogens with one attached hydrogen (secondary N) is 1. The highest BCUT2D eigenvalue weighted by Gasteiger charge is 2.22. The second-order valence-electron chi connectivity index (χ2n) is 6.24. The Morgan fingerprint density at radius 2 is 1.96 bits per heavy atom. The fourth-order valence-electron chi connectivity index (χ4n) is 3.01. The summed E-state index contributed by atoms with van der Waals surface area (Å²) in [7, 11) is 0. The monoisotopic (exact) mass is 381 g/mol. The number of hydrogen-bond donors (Lipinski definition) is 1. The minimum atomic E-state index is -0.331. The van der Waals surface area contributed by atoms with E-state index in [4.69, 9.17) is 16.1 Å². The summed E-state index contributed by atoms with van der Waals surface area (Å²) in [6.45, 7) is 0.677. The number of nitrogens with zero attached hydrogens (tertiary/aromatic N) is 2. The highest BCUT2D eigenvalue weighted by atomic mass is 35.5. The van der Waals surface area contributed by atoms with Gasteiger partial charge in [-0.2, -0.15) is 0 Å². The first kappa shape index (κ1) is 17.3. The van der Waals surface area contributed by atoms with Gasteiger partial charge in [-0.3, -0.25) is 14.9 Å². The standard InChI is InChI=1S/C20H16ClN3O3/c21-15-8-6-13(7-9-15)17-12-18(27-23-17)22-20(26)14-3-1-4-16(11-14)24-10-2-5-19(24)25/h1,3-4,6-9,11-12H,2,5,10H2,(H,22,26). The Morgan fingerprint density at radius 3 is 2.70 bits per heavy atom. The summed E-state index contributed by atoms with van der Waals surface area (Å²) < 4.78 is 5.21. The van der Waals surface area contributed by atoms with Gasteiger partial charge in [0.05, 0.1) is 0 Å². The lowest BCUT2D eigenvalue weighted by Crippen LogP contribution is -2.24. The normalized spacial score (nSPS) is 13.8. The lowest BCUT2D eigenvalue weighted by atomic mass is 10.1. The number of rotatable bonds is 4. The second kappa shape index (κ2) is 7.25. The highest BCUT2D eigenvalue weighted by Crippen LogP contribution is 2.25. The molecule has 0 spiro atoms. The maximum absolute atomic E-state index is 12.5. The van der Waals surface area contributed by atoms with Crippen LogP contribution in [0.4, 0.5) is 11.6 Å². The zero-order valence-electron chi connectivity index (χ0n) is 14.3. The molecular weight excluding hydrogens is 366 g/mol. The van der Waals surface area contributed by atoms with Crippen LogP contribution in [-0.2, 0) is 4.79 Å². The second-order valence-corrected chi connectivity index (χ2v) is 6.67. The van der Waals surface area contributed by atoms with E-state index in [9.17, 15) is 9.59 Å². The van der Waals surface area contributed by atoms with Crippen LogP contribution in [0.15, 0.2) is 59.1 Å². The van der Waals surface area contributed by atoms with Crippen molar-refractivity contribution in [3.8, 4) is 11.3 Å². The minimum absolute atomic E-state index is 0.0791. The minimum Gasteiger partial charge on any atom is -0.338 e. The molecule has 1 saturated heterocycles. The first-order valence-electron chi connectivity index (χ1n) is 8.54. The topological polar surface area (TPSA) is 75.4 Å². The van der Waals surface area contributed by atoms with Crippen LogP contribution in [0.5, 0.6) is 0 Å². The molecule has 1 aromatic heterocycles. The number of amides is 2. The molecule has 0 aliphatic carbocycles. The maximum Gasteiger partial charge on any atom is 0.258 e. The molecule has 2 heterocycles. The number of anilines is 2. The molecule has 3 aromatic rings. The first-order chi connectivity index (χ1) is 13.1. The average molecular weight is 382 g/mol. The van der Waals surface area contributed by atoms with Gasteiger partial charge in [-0.1, -0.05) is 35.0 Å². The Hall–Kier alpha value is -3.12. The maximum atomic E-state index is 12.5. The van der Waals surface area contributed by atoms with Crippen LogP contribution in [-0.4, -0.2) is 23.5 Å². The van der Waals surface area contributed by atoms with Crippen molar-refractivity contribution in [1.29, 1.82) is 0 Å². The van der Waals surface area contributed by atoms with Crippen LogP contribution < -0.4 is 10.2 Å². The van der Waals surface area contributed by atoms with E-state index in [-0.39, 0.29) is 17.7 Å². The van der Waals surface area contributed by atoms with Gasteiger partial charge in [0.15, 0.2) is 0 Å². The number of hydrogen-bond acceptors (Lipinski definition) is 4. The third kappa shape index (κ3) is 3.71. The van der Waals surface area contributed by atoms with Crippen molar-refractivity contribution in [2.75, 3.05) is 16.8 Å². The summed E-state index contributed by atoms with van der Waals surface area (Å²) in [5, 5.41) is 7.29. The van der Waals surface area contributed by atoms with E-state index in [0.717, 1.165) is 17.7 Å². The number of aromatic nitrogens is 1. The van der Waals surface area contributed by atoms with Crippen molar-refractivity contribution in [2.45, 2.75) is 12.8 Å². The molecule has 1 aliphatic heterocycles. The van der Waals surface area contributed by atoms with Crippen molar-refractivity contribution in [3.05, 3.63) is 65.2 Å². The molecule has 0 unspecified atom stereocenters. The predicted octanol–water partition coefficient (Wildman–Crippen LogP) is 4.37. The average Bonchev–Trinajstić information content (AvgIpc) is 3.31. The predicted molar refractivity (Wildman–Crippen MR) is 103 cm³/mol. The number of benzene rings is 2. The van der Waals surface area contributed by atoms with E-state index < -0.39 is 0 Å². The molecule has 1 N–H and O–H groups in total. The summed E-state index contributed by atoms with van der Waals surface area (Å²) in [5.74, 6) is -0.00898. The van der Waals surface area contributed by atoms with Gasteiger partial charge < -0.3 is 9.42 Å². The molecule has 7 heteroatoms. The van der Waals surface area contributed by atoms with Gasteiger partial charge in [0, 0.05) is 40.9 Å². The van der Waals surface area contributed by atoms with E-state index >= 15 is 0 Å². The molecule has 27 heavy (non-hydrogen) atoms. The van der Waals surface area contributed by atoms with E-state index in [0.29, 0.717) is 29.2 Å². The van der Waals surface area contributed by atoms with Gasteiger partial charge in [0.1, 0.15) is 5.69 Å².